The topological polar surface area (TPSA) is 25.2 Å². The molecule has 0 atom stereocenters. The van der Waals surface area contributed by atoms with Crippen molar-refractivity contribution in [2.24, 2.45) is 0 Å². The summed E-state index contributed by atoms with van der Waals surface area (Å²) in [5, 5.41) is 5.86. The maximum absolute atomic E-state index is 5.93. The minimum Gasteiger partial charge on any atom is -0.456 e. The number of fused-ring (bicyclic) bond motifs is 6. The van der Waals surface area contributed by atoms with Crippen molar-refractivity contribution in [1.29, 1.82) is 0 Å². The van der Waals surface area contributed by atoms with E-state index in [1.165, 1.54) is 22.3 Å². The molecule has 0 aliphatic heterocycles. The van der Waals surface area contributed by atoms with E-state index in [4.69, 9.17) is 4.42 Å². The van der Waals surface area contributed by atoms with E-state index < -0.39 is 0 Å². The summed E-state index contributed by atoms with van der Waals surface area (Å²) in [6, 6.07) is 29.8. The second-order valence-electron chi connectivity index (χ2n) is 7.14. The highest BCUT2D eigenvalue weighted by Crippen LogP contribution is 2.38. The van der Waals surface area contributed by atoms with Gasteiger partial charge in [0.05, 0.1) is 0 Å². The molecule has 27 heavy (non-hydrogen) atoms. The molecular formula is C25H17NO. The van der Waals surface area contributed by atoms with Crippen molar-refractivity contribution in [3.63, 3.8) is 0 Å². The number of para-hydroxylation sites is 1. The van der Waals surface area contributed by atoms with E-state index in [0.29, 0.717) is 0 Å². The number of furan rings is 1. The lowest BCUT2D eigenvalue weighted by molar-refractivity contribution is 0.669. The Morgan fingerprint density at radius 1 is 0.593 bits per heavy atom. The Hall–Kier alpha value is -3.52. The van der Waals surface area contributed by atoms with Gasteiger partial charge in [0.25, 0.3) is 0 Å². The molecule has 4 aromatic carbocycles. The van der Waals surface area contributed by atoms with Crippen molar-refractivity contribution in [2.45, 2.75) is 6.42 Å². The highest BCUT2D eigenvalue weighted by molar-refractivity contribution is 6.06. The Morgan fingerprint density at radius 2 is 1.33 bits per heavy atom. The lowest BCUT2D eigenvalue weighted by Gasteiger charge is -2.09. The fourth-order valence-electron chi connectivity index (χ4n) is 4.19. The summed E-state index contributed by atoms with van der Waals surface area (Å²) in [7, 11) is 0. The third-order valence-electron chi connectivity index (χ3n) is 5.46. The molecule has 0 bridgehead atoms. The molecule has 1 aromatic heterocycles. The molecule has 1 aliphatic carbocycles. The van der Waals surface area contributed by atoms with Crippen LogP contribution in [0.1, 0.15) is 11.1 Å². The maximum Gasteiger partial charge on any atom is 0.135 e. The van der Waals surface area contributed by atoms with Crippen LogP contribution in [0.2, 0.25) is 0 Å². The molecule has 0 fully saturated rings. The molecular weight excluding hydrogens is 330 g/mol. The predicted octanol–water partition coefficient (Wildman–Crippen LogP) is 6.90. The molecule has 2 nitrogen and oxygen atoms in total. The first-order valence-electron chi connectivity index (χ1n) is 9.25. The zero-order valence-corrected chi connectivity index (χ0v) is 14.7. The van der Waals surface area contributed by atoms with Gasteiger partial charge in [0, 0.05) is 22.1 Å². The molecule has 128 valence electrons. The summed E-state index contributed by atoms with van der Waals surface area (Å²) in [6.07, 6.45) is 1.01. The smallest absolute Gasteiger partial charge is 0.135 e. The van der Waals surface area contributed by atoms with Gasteiger partial charge in [-0.1, -0.05) is 48.5 Å². The first-order valence-corrected chi connectivity index (χ1v) is 9.25. The molecule has 0 saturated carbocycles. The number of rotatable bonds is 2. The highest BCUT2D eigenvalue weighted by Gasteiger charge is 2.17. The average Bonchev–Trinajstić information content (AvgIpc) is 3.25. The standard InChI is InChI=1S/C25H17NO/c1-2-6-20-16(5-1)13-17-14-18(9-11-21(17)20)26-19-10-12-25-23(15-19)22-7-3-4-8-24(22)27-25/h1-12,14-15,26H,13H2. The average molecular weight is 347 g/mol. The Morgan fingerprint density at radius 3 is 2.33 bits per heavy atom. The zero-order valence-electron chi connectivity index (χ0n) is 14.7. The van der Waals surface area contributed by atoms with Crippen LogP contribution >= 0.6 is 0 Å². The molecule has 1 heterocycles. The fraction of sp³-hybridized carbons (Fsp3) is 0.0400. The van der Waals surface area contributed by atoms with Gasteiger partial charge in [-0.05, 0) is 65.1 Å². The number of anilines is 2. The third kappa shape index (κ3) is 2.27. The first-order chi connectivity index (χ1) is 13.3. The number of hydrogen-bond donors (Lipinski definition) is 1. The number of nitrogens with one attached hydrogen (secondary N) is 1. The molecule has 1 aliphatic rings. The van der Waals surface area contributed by atoms with Crippen LogP contribution < -0.4 is 5.32 Å². The minimum atomic E-state index is 0.922. The predicted molar refractivity (Wildman–Crippen MR) is 112 cm³/mol. The van der Waals surface area contributed by atoms with E-state index in [1.807, 2.05) is 18.2 Å². The Bertz CT molecular complexity index is 1330. The minimum absolute atomic E-state index is 0.922. The Balaban J connectivity index is 1.38. The molecule has 0 saturated heterocycles. The molecule has 1 N–H and O–H groups in total. The van der Waals surface area contributed by atoms with E-state index >= 15 is 0 Å². The second-order valence-corrected chi connectivity index (χ2v) is 7.14. The van der Waals surface area contributed by atoms with Gasteiger partial charge in [-0.2, -0.15) is 0 Å². The van der Waals surface area contributed by atoms with Gasteiger partial charge in [0.15, 0.2) is 0 Å². The van der Waals surface area contributed by atoms with E-state index in [2.05, 4.69) is 72.0 Å². The van der Waals surface area contributed by atoms with Gasteiger partial charge in [-0.15, -0.1) is 0 Å². The van der Waals surface area contributed by atoms with Crippen LogP contribution in [0.5, 0.6) is 0 Å². The Kier molecular flexibility index (Phi) is 2.97. The SMILES string of the molecule is c1ccc2c(c1)Cc1cc(Nc3ccc4oc5ccccc5c4c3)ccc1-2. The quantitative estimate of drug-likeness (QED) is 0.368. The summed E-state index contributed by atoms with van der Waals surface area (Å²) in [5.74, 6) is 0. The van der Waals surface area contributed by atoms with Gasteiger partial charge in [0.2, 0.25) is 0 Å². The molecule has 0 unspecified atom stereocenters. The summed E-state index contributed by atoms with van der Waals surface area (Å²) >= 11 is 0. The van der Waals surface area contributed by atoms with Gasteiger partial charge in [0.1, 0.15) is 11.2 Å². The van der Waals surface area contributed by atoms with Crippen molar-refractivity contribution < 1.29 is 4.42 Å². The molecule has 0 radical (unpaired) electrons. The van der Waals surface area contributed by atoms with Crippen molar-refractivity contribution in [3.8, 4) is 11.1 Å². The second kappa shape index (κ2) is 5.49. The van der Waals surface area contributed by atoms with E-state index in [1.54, 1.807) is 0 Å². The molecule has 5 aromatic rings. The van der Waals surface area contributed by atoms with Gasteiger partial charge in [-0.25, -0.2) is 0 Å². The van der Waals surface area contributed by atoms with E-state index in [-0.39, 0.29) is 0 Å². The van der Waals surface area contributed by atoms with Crippen molar-refractivity contribution >= 4 is 33.3 Å². The zero-order chi connectivity index (χ0) is 17.8. The third-order valence-corrected chi connectivity index (χ3v) is 5.46. The lowest BCUT2D eigenvalue weighted by atomic mass is 10.1. The largest absolute Gasteiger partial charge is 0.456 e. The van der Waals surface area contributed by atoms with Crippen LogP contribution in [0.4, 0.5) is 11.4 Å². The summed E-state index contributed by atoms with van der Waals surface area (Å²) in [5.41, 5.74) is 9.56. The maximum atomic E-state index is 5.93. The summed E-state index contributed by atoms with van der Waals surface area (Å²) in [4.78, 5) is 0. The van der Waals surface area contributed by atoms with Crippen LogP contribution in [0.25, 0.3) is 33.1 Å². The normalized spacial score (nSPS) is 12.3. The first kappa shape index (κ1) is 14.6. The van der Waals surface area contributed by atoms with Gasteiger partial charge < -0.3 is 9.73 Å². The van der Waals surface area contributed by atoms with Crippen molar-refractivity contribution in [3.05, 3.63) is 96.1 Å². The summed E-state index contributed by atoms with van der Waals surface area (Å²) < 4.78 is 5.93. The van der Waals surface area contributed by atoms with Crippen LogP contribution in [0.3, 0.4) is 0 Å². The van der Waals surface area contributed by atoms with Crippen molar-refractivity contribution in [2.75, 3.05) is 5.32 Å². The molecule has 0 spiro atoms. The number of benzene rings is 4. The molecule has 0 amide bonds. The van der Waals surface area contributed by atoms with E-state index in [0.717, 1.165) is 39.7 Å². The van der Waals surface area contributed by atoms with Crippen LogP contribution in [-0.4, -0.2) is 0 Å². The molecule has 2 heteroatoms. The van der Waals surface area contributed by atoms with Crippen molar-refractivity contribution in [1.82, 2.24) is 0 Å². The molecule has 6 rings (SSSR count). The fourth-order valence-corrected chi connectivity index (χ4v) is 4.19. The van der Waals surface area contributed by atoms with Gasteiger partial charge >= 0.3 is 0 Å². The van der Waals surface area contributed by atoms with E-state index in [9.17, 15) is 0 Å². The van der Waals surface area contributed by atoms with Crippen LogP contribution in [0, 0.1) is 0 Å². The summed E-state index contributed by atoms with van der Waals surface area (Å²) in [6.45, 7) is 0. The van der Waals surface area contributed by atoms with Crippen LogP contribution in [0.15, 0.2) is 89.3 Å². The Labute approximate surface area is 157 Å². The monoisotopic (exact) mass is 347 g/mol. The van der Waals surface area contributed by atoms with Gasteiger partial charge in [-0.3, -0.25) is 0 Å². The lowest BCUT2D eigenvalue weighted by Crippen LogP contribution is -1.91. The number of hydrogen-bond acceptors (Lipinski definition) is 2. The van der Waals surface area contributed by atoms with Crippen LogP contribution in [-0.2, 0) is 6.42 Å². The highest BCUT2D eigenvalue weighted by atomic mass is 16.3.